The lowest BCUT2D eigenvalue weighted by Crippen LogP contribution is -2.45. The molecule has 2 aromatic carbocycles. The second kappa shape index (κ2) is 13.1. The van der Waals surface area contributed by atoms with Crippen molar-refractivity contribution in [3.63, 3.8) is 0 Å². The number of furan rings is 1. The summed E-state index contributed by atoms with van der Waals surface area (Å²) in [5, 5.41) is 7.09. The Morgan fingerprint density at radius 1 is 1.06 bits per heavy atom. The molecular weight excluding hydrogens is 543 g/mol. The molecule has 0 bridgehead atoms. The largest absolute Gasteiger partial charge is 0.497 e. The van der Waals surface area contributed by atoms with Crippen molar-refractivity contribution in [2.75, 3.05) is 38.8 Å². The molecule has 0 saturated carbocycles. The number of anilines is 1. The van der Waals surface area contributed by atoms with Gasteiger partial charge in [-0.1, -0.05) is 24.3 Å². The number of hydrogen-bond acceptors (Lipinski definition) is 5. The fourth-order valence-corrected chi connectivity index (χ4v) is 3.99. The Kier molecular flexibility index (Phi) is 9.93. The summed E-state index contributed by atoms with van der Waals surface area (Å²) < 4.78 is 16.3. The number of methoxy groups -OCH3 is 2. The van der Waals surface area contributed by atoms with Gasteiger partial charge in [-0.2, -0.15) is 0 Å². The van der Waals surface area contributed by atoms with Crippen LogP contribution in [0.15, 0.2) is 76.3 Å². The van der Waals surface area contributed by atoms with Gasteiger partial charge >= 0.3 is 0 Å². The topological polar surface area (TPSA) is 71.3 Å². The summed E-state index contributed by atoms with van der Waals surface area (Å²) in [5.74, 6) is 3.52. The average Bonchev–Trinajstić information content (AvgIpc) is 3.55. The zero-order valence-corrected chi connectivity index (χ0v) is 22.0. The monoisotopic (exact) mass is 576 g/mol. The Bertz CT molecular complexity index is 1020. The van der Waals surface area contributed by atoms with Crippen LogP contribution in [0.3, 0.4) is 0 Å². The molecule has 1 aromatic heterocycles. The third-order valence-electron chi connectivity index (χ3n) is 5.78. The van der Waals surface area contributed by atoms with E-state index < -0.39 is 0 Å². The molecule has 0 aliphatic carbocycles. The molecule has 3 aromatic rings. The second-order valence-electron chi connectivity index (χ2n) is 8.02. The van der Waals surface area contributed by atoms with E-state index in [1.54, 1.807) is 20.5 Å². The molecule has 1 saturated heterocycles. The molecule has 2 N–H and O–H groups in total. The molecule has 1 fully saturated rings. The standard InChI is InChI=1S/C26H32N4O3.HI/c1-31-22-11-9-20(10-12-22)18-28-26(27-15-13-23-6-5-17-33-23)29-21-14-16-30(19-21)24-7-3-4-8-25(24)32-2;/h3-12,17,21H,13-16,18-19H2,1-2H3,(H2,27,28,29);1H. The summed E-state index contributed by atoms with van der Waals surface area (Å²) in [6.45, 7) is 3.19. The van der Waals surface area contributed by atoms with Crippen molar-refractivity contribution >= 4 is 35.6 Å². The van der Waals surface area contributed by atoms with Crippen LogP contribution in [0.4, 0.5) is 5.69 Å². The first-order chi connectivity index (χ1) is 16.2. The third-order valence-corrected chi connectivity index (χ3v) is 5.78. The zero-order valence-electron chi connectivity index (χ0n) is 19.7. The van der Waals surface area contributed by atoms with Gasteiger partial charge in [-0.15, -0.1) is 24.0 Å². The highest BCUT2D eigenvalue weighted by Crippen LogP contribution is 2.30. The summed E-state index contributed by atoms with van der Waals surface area (Å²) in [4.78, 5) is 7.20. The highest BCUT2D eigenvalue weighted by atomic mass is 127. The van der Waals surface area contributed by atoms with Gasteiger partial charge in [0.1, 0.15) is 17.3 Å². The molecule has 0 radical (unpaired) electrons. The number of nitrogens with zero attached hydrogens (tertiary/aromatic N) is 2. The molecule has 2 heterocycles. The SMILES string of the molecule is COc1ccc(CN=C(NCCc2ccco2)NC2CCN(c3ccccc3OC)C2)cc1.I. The van der Waals surface area contributed by atoms with Crippen molar-refractivity contribution < 1.29 is 13.9 Å². The molecule has 34 heavy (non-hydrogen) atoms. The van der Waals surface area contributed by atoms with Gasteiger partial charge in [0.15, 0.2) is 5.96 Å². The fraction of sp³-hybridized carbons (Fsp3) is 0.346. The Labute approximate surface area is 218 Å². The van der Waals surface area contributed by atoms with Gasteiger partial charge in [0, 0.05) is 32.1 Å². The quantitative estimate of drug-likeness (QED) is 0.223. The van der Waals surface area contributed by atoms with E-state index >= 15 is 0 Å². The number of aliphatic imine (C=N–C) groups is 1. The van der Waals surface area contributed by atoms with Gasteiger partial charge in [-0.25, -0.2) is 4.99 Å². The van der Waals surface area contributed by atoms with Crippen molar-refractivity contribution in [2.45, 2.75) is 25.4 Å². The zero-order chi connectivity index (χ0) is 22.9. The summed E-state index contributed by atoms with van der Waals surface area (Å²) >= 11 is 0. The molecule has 4 rings (SSSR count). The Hall–Kier alpha value is -2.88. The van der Waals surface area contributed by atoms with Crippen LogP contribution in [0, 0.1) is 0 Å². The van der Waals surface area contributed by atoms with Gasteiger partial charge < -0.3 is 29.4 Å². The van der Waals surface area contributed by atoms with Crippen LogP contribution >= 0.6 is 24.0 Å². The molecule has 8 heteroatoms. The minimum Gasteiger partial charge on any atom is -0.497 e. The Morgan fingerprint density at radius 3 is 2.62 bits per heavy atom. The summed E-state index contributed by atoms with van der Waals surface area (Å²) in [7, 11) is 3.39. The maximum absolute atomic E-state index is 5.55. The van der Waals surface area contributed by atoms with Crippen LogP contribution in [0.5, 0.6) is 11.5 Å². The number of nitrogens with one attached hydrogen (secondary N) is 2. The van der Waals surface area contributed by atoms with Crippen molar-refractivity contribution in [3.8, 4) is 11.5 Å². The third kappa shape index (κ3) is 7.06. The van der Waals surface area contributed by atoms with E-state index in [2.05, 4.69) is 27.7 Å². The van der Waals surface area contributed by atoms with Crippen molar-refractivity contribution in [1.29, 1.82) is 0 Å². The predicted octanol–water partition coefficient (Wildman–Crippen LogP) is 4.47. The molecular formula is C26H33IN4O3. The van der Waals surface area contributed by atoms with E-state index in [0.29, 0.717) is 12.6 Å². The lowest BCUT2D eigenvalue weighted by molar-refractivity contribution is 0.414. The minimum atomic E-state index is 0. The van der Waals surface area contributed by atoms with E-state index in [9.17, 15) is 0 Å². The predicted molar refractivity (Wildman–Crippen MR) is 147 cm³/mol. The summed E-state index contributed by atoms with van der Waals surface area (Å²) in [6, 6.07) is 20.4. The molecule has 1 aliphatic heterocycles. The van der Waals surface area contributed by atoms with Crippen molar-refractivity contribution in [2.24, 2.45) is 4.99 Å². The summed E-state index contributed by atoms with van der Waals surface area (Å²) in [6.07, 6.45) is 3.53. The maximum atomic E-state index is 5.55. The lowest BCUT2D eigenvalue weighted by atomic mass is 10.2. The number of benzene rings is 2. The van der Waals surface area contributed by atoms with Crippen LogP contribution < -0.4 is 25.0 Å². The van der Waals surface area contributed by atoms with Gasteiger partial charge in [0.2, 0.25) is 0 Å². The number of ether oxygens (including phenoxy) is 2. The second-order valence-corrected chi connectivity index (χ2v) is 8.02. The van der Waals surface area contributed by atoms with Crippen LogP contribution in [-0.4, -0.2) is 45.9 Å². The highest BCUT2D eigenvalue weighted by Gasteiger charge is 2.25. The number of hydrogen-bond donors (Lipinski definition) is 2. The minimum absolute atomic E-state index is 0. The molecule has 1 unspecified atom stereocenters. The Morgan fingerprint density at radius 2 is 1.88 bits per heavy atom. The van der Waals surface area contributed by atoms with E-state index in [0.717, 1.165) is 66.9 Å². The van der Waals surface area contributed by atoms with E-state index in [1.807, 2.05) is 48.5 Å². The molecule has 0 amide bonds. The molecule has 1 atom stereocenters. The van der Waals surface area contributed by atoms with Gasteiger partial charge in [-0.3, -0.25) is 0 Å². The van der Waals surface area contributed by atoms with Crippen LogP contribution in [0.25, 0.3) is 0 Å². The molecule has 7 nitrogen and oxygen atoms in total. The van der Waals surface area contributed by atoms with Gasteiger partial charge in [0.25, 0.3) is 0 Å². The fourth-order valence-electron chi connectivity index (χ4n) is 3.99. The smallest absolute Gasteiger partial charge is 0.191 e. The van der Waals surface area contributed by atoms with Gasteiger partial charge in [0.05, 0.1) is 32.7 Å². The molecule has 1 aliphatic rings. The number of para-hydroxylation sites is 2. The first kappa shape index (κ1) is 25.7. The first-order valence-corrected chi connectivity index (χ1v) is 11.3. The van der Waals surface area contributed by atoms with E-state index in [-0.39, 0.29) is 24.0 Å². The first-order valence-electron chi connectivity index (χ1n) is 11.3. The molecule has 0 spiro atoms. The van der Waals surface area contributed by atoms with Gasteiger partial charge in [-0.05, 0) is 48.4 Å². The molecule has 182 valence electrons. The Balaban J connectivity index is 0.00000324. The van der Waals surface area contributed by atoms with E-state index in [4.69, 9.17) is 18.9 Å². The average molecular weight is 576 g/mol. The van der Waals surface area contributed by atoms with Crippen LogP contribution in [-0.2, 0) is 13.0 Å². The number of guanidine groups is 1. The van der Waals surface area contributed by atoms with Crippen molar-refractivity contribution in [1.82, 2.24) is 10.6 Å². The van der Waals surface area contributed by atoms with E-state index in [1.165, 1.54) is 0 Å². The number of halogens is 1. The van der Waals surface area contributed by atoms with Crippen molar-refractivity contribution in [3.05, 3.63) is 78.3 Å². The normalized spacial score (nSPS) is 15.5. The number of rotatable bonds is 9. The van der Waals surface area contributed by atoms with Crippen LogP contribution in [0.1, 0.15) is 17.7 Å². The van der Waals surface area contributed by atoms with Crippen LogP contribution in [0.2, 0.25) is 0 Å². The summed E-state index contributed by atoms with van der Waals surface area (Å²) in [5.41, 5.74) is 2.26. The maximum Gasteiger partial charge on any atom is 0.191 e. The highest BCUT2D eigenvalue weighted by molar-refractivity contribution is 14.0. The lowest BCUT2D eigenvalue weighted by Gasteiger charge is -2.22.